The molecule has 8 heteroatoms. The summed E-state index contributed by atoms with van der Waals surface area (Å²) in [6, 6.07) is 7.15. The fourth-order valence-electron chi connectivity index (χ4n) is 3.26. The molecule has 1 aromatic rings. The molecule has 2 fully saturated rings. The molecule has 0 spiro atoms. The molecule has 0 bridgehead atoms. The van der Waals surface area contributed by atoms with E-state index in [9.17, 15) is 8.42 Å². The van der Waals surface area contributed by atoms with Crippen molar-refractivity contribution in [3.05, 3.63) is 29.8 Å². The van der Waals surface area contributed by atoms with Crippen LogP contribution in [0.1, 0.15) is 38.2 Å². The van der Waals surface area contributed by atoms with Crippen molar-refractivity contribution in [1.29, 1.82) is 0 Å². The monoisotopic (exact) mass is 394 g/mol. The lowest BCUT2D eigenvalue weighted by Crippen LogP contribution is -2.46. The molecule has 150 valence electrons. The van der Waals surface area contributed by atoms with E-state index in [1.807, 2.05) is 19.1 Å². The van der Waals surface area contributed by atoms with Gasteiger partial charge in [0.15, 0.2) is 5.96 Å². The first-order valence-corrected chi connectivity index (χ1v) is 11.2. The van der Waals surface area contributed by atoms with E-state index in [1.165, 1.54) is 0 Å². The van der Waals surface area contributed by atoms with Gasteiger partial charge in [0.1, 0.15) is 0 Å². The van der Waals surface area contributed by atoms with Crippen molar-refractivity contribution < 1.29 is 13.2 Å². The number of guanidine groups is 1. The Morgan fingerprint density at radius 1 is 1.19 bits per heavy atom. The number of hydrogen-bond acceptors (Lipinski definition) is 4. The minimum atomic E-state index is -3.39. The zero-order valence-corrected chi connectivity index (χ0v) is 17.0. The van der Waals surface area contributed by atoms with Gasteiger partial charge in [0.2, 0.25) is 10.0 Å². The number of rotatable bonds is 7. The molecule has 1 saturated heterocycles. The fourth-order valence-corrected chi connectivity index (χ4v) is 4.56. The lowest BCUT2D eigenvalue weighted by Gasteiger charge is -2.34. The van der Waals surface area contributed by atoms with Crippen LogP contribution in [-0.2, 0) is 21.3 Å². The third-order valence-corrected chi connectivity index (χ3v) is 6.48. The molecule has 0 aromatic heterocycles. The first-order valence-electron chi connectivity index (χ1n) is 9.70. The van der Waals surface area contributed by atoms with Gasteiger partial charge < -0.3 is 15.0 Å². The Balaban J connectivity index is 1.51. The van der Waals surface area contributed by atoms with Gasteiger partial charge in [-0.2, -0.15) is 0 Å². The zero-order chi connectivity index (χ0) is 19.3. The van der Waals surface area contributed by atoms with E-state index < -0.39 is 10.0 Å². The third-order valence-electron chi connectivity index (χ3n) is 4.94. The minimum absolute atomic E-state index is 0.117. The van der Waals surface area contributed by atoms with Crippen molar-refractivity contribution in [3.8, 4) is 0 Å². The predicted octanol–water partition coefficient (Wildman–Crippen LogP) is 1.70. The maximum Gasteiger partial charge on any atom is 0.240 e. The number of nitrogens with zero attached hydrogens (tertiary/aromatic N) is 2. The van der Waals surface area contributed by atoms with Gasteiger partial charge in [-0.05, 0) is 50.3 Å². The fraction of sp³-hybridized carbons (Fsp3) is 0.632. The van der Waals surface area contributed by atoms with Crippen LogP contribution in [0.15, 0.2) is 34.2 Å². The Morgan fingerprint density at radius 3 is 2.41 bits per heavy atom. The van der Waals surface area contributed by atoms with Gasteiger partial charge in [0.05, 0.1) is 11.0 Å². The number of ether oxygens (including phenoxy) is 1. The molecule has 0 unspecified atom stereocenters. The van der Waals surface area contributed by atoms with Gasteiger partial charge in [-0.25, -0.2) is 13.1 Å². The summed E-state index contributed by atoms with van der Waals surface area (Å²) in [4.78, 5) is 6.94. The summed E-state index contributed by atoms with van der Waals surface area (Å²) in [5.41, 5.74) is 1.02. The zero-order valence-electron chi connectivity index (χ0n) is 16.1. The highest BCUT2D eigenvalue weighted by Crippen LogP contribution is 2.22. The Hall–Kier alpha value is -1.64. The second-order valence-corrected chi connectivity index (χ2v) is 8.80. The van der Waals surface area contributed by atoms with Crippen LogP contribution in [0.25, 0.3) is 0 Å². The summed E-state index contributed by atoms with van der Waals surface area (Å²) < 4.78 is 32.8. The summed E-state index contributed by atoms with van der Waals surface area (Å²) >= 11 is 0. The van der Waals surface area contributed by atoms with Gasteiger partial charge in [-0.1, -0.05) is 12.1 Å². The largest absolute Gasteiger partial charge is 0.378 e. The van der Waals surface area contributed by atoms with Crippen LogP contribution in [0.3, 0.4) is 0 Å². The van der Waals surface area contributed by atoms with Crippen LogP contribution in [0.2, 0.25) is 0 Å². The quantitative estimate of drug-likeness (QED) is 0.543. The topological polar surface area (TPSA) is 83.0 Å². The number of piperidine rings is 1. The van der Waals surface area contributed by atoms with E-state index in [1.54, 1.807) is 19.2 Å². The second kappa shape index (κ2) is 9.03. The van der Waals surface area contributed by atoms with Crippen LogP contribution in [-0.4, -0.2) is 58.2 Å². The van der Waals surface area contributed by atoms with Crippen LogP contribution in [0, 0.1) is 0 Å². The lowest BCUT2D eigenvalue weighted by atomic mass is 10.1. The van der Waals surface area contributed by atoms with Crippen LogP contribution < -0.4 is 10.0 Å². The number of aliphatic imine (C=N–C) groups is 1. The van der Waals surface area contributed by atoms with Crippen LogP contribution in [0.4, 0.5) is 0 Å². The maximum atomic E-state index is 12.2. The number of benzene rings is 1. The van der Waals surface area contributed by atoms with E-state index in [4.69, 9.17) is 4.74 Å². The molecule has 1 heterocycles. The molecule has 0 radical (unpaired) electrons. The van der Waals surface area contributed by atoms with Crippen molar-refractivity contribution in [1.82, 2.24) is 14.9 Å². The molecule has 1 saturated carbocycles. The Labute approximate surface area is 162 Å². The van der Waals surface area contributed by atoms with E-state index in [0.29, 0.717) is 17.5 Å². The van der Waals surface area contributed by atoms with E-state index in [-0.39, 0.29) is 6.04 Å². The van der Waals surface area contributed by atoms with Crippen molar-refractivity contribution in [2.24, 2.45) is 4.99 Å². The normalized spacial score (nSPS) is 19.3. The lowest BCUT2D eigenvalue weighted by molar-refractivity contribution is 0.0263. The first-order chi connectivity index (χ1) is 13.0. The van der Waals surface area contributed by atoms with Crippen LogP contribution >= 0.6 is 0 Å². The number of likely N-dealkylation sites (tertiary alicyclic amines) is 1. The highest BCUT2D eigenvalue weighted by atomic mass is 32.2. The average molecular weight is 395 g/mol. The molecule has 3 rings (SSSR count). The van der Waals surface area contributed by atoms with Crippen molar-refractivity contribution in [2.75, 3.05) is 26.7 Å². The van der Waals surface area contributed by atoms with Gasteiger partial charge in [-0.15, -0.1) is 0 Å². The molecule has 2 N–H and O–H groups in total. The number of sulfonamides is 1. The number of hydrogen-bond donors (Lipinski definition) is 2. The van der Waals surface area contributed by atoms with Crippen molar-refractivity contribution >= 4 is 16.0 Å². The standard InChI is InChI=1S/C19H30N4O3S/c1-3-26-17-10-12-23(13-11-17)19(20-2)21-14-15-4-8-18(9-5-15)27(24,25)22-16-6-7-16/h4-5,8-9,16-17,22H,3,6-7,10-14H2,1-2H3,(H,20,21). The molecular formula is C19H30N4O3S. The SMILES string of the molecule is CCOC1CCN(C(=NC)NCc2ccc(S(=O)(=O)NC3CC3)cc2)CC1. The summed E-state index contributed by atoms with van der Waals surface area (Å²) in [6.45, 7) is 5.25. The van der Waals surface area contributed by atoms with Gasteiger partial charge in [0.25, 0.3) is 0 Å². The third kappa shape index (κ3) is 5.67. The minimum Gasteiger partial charge on any atom is -0.378 e. The highest BCUT2D eigenvalue weighted by Gasteiger charge is 2.27. The van der Waals surface area contributed by atoms with Gasteiger partial charge >= 0.3 is 0 Å². The Bertz CT molecular complexity index is 737. The average Bonchev–Trinajstić information content (AvgIpc) is 3.47. The molecule has 27 heavy (non-hydrogen) atoms. The molecular weight excluding hydrogens is 364 g/mol. The smallest absolute Gasteiger partial charge is 0.240 e. The van der Waals surface area contributed by atoms with Crippen molar-refractivity contribution in [3.63, 3.8) is 0 Å². The van der Waals surface area contributed by atoms with Gasteiger partial charge in [0, 0.05) is 39.3 Å². The molecule has 1 aliphatic carbocycles. The van der Waals surface area contributed by atoms with Crippen LogP contribution in [0.5, 0.6) is 0 Å². The number of nitrogens with one attached hydrogen (secondary N) is 2. The summed E-state index contributed by atoms with van der Waals surface area (Å²) in [5, 5.41) is 3.37. The molecule has 2 aliphatic rings. The summed E-state index contributed by atoms with van der Waals surface area (Å²) in [5.74, 6) is 0.872. The highest BCUT2D eigenvalue weighted by molar-refractivity contribution is 7.89. The van der Waals surface area contributed by atoms with E-state index in [0.717, 1.165) is 56.9 Å². The summed E-state index contributed by atoms with van der Waals surface area (Å²) in [6.07, 6.45) is 4.23. The van der Waals surface area contributed by atoms with Gasteiger partial charge in [-0.3, -0.25) is 4.99 Å². The predicted molar refractivity (Wildman–Crippen MR) is 106 cm³/mol. The Kier molecular flexibility index (Phi) is 6.73. The molecule has 1 aromatic carbocycles. The molecule has 0 amide bonds. The Morgan fingerprint density at radius 2 is 1.85 bits per heavy atom. The van der Waals surface area contributed by atoms with E-state index in [2.05, 4.69) is 19.9 Å². The van der Waals surface area contributed by atoms with E-state index >= 15 is 0 Å². The molecule has 7 nitrogen and oxygen atoms in total. The molecule has 0 atom stereocenters. The second-order valence-electron chi connectivity index (χ2n) is 7.08. The summed E-state index contributed by atoms with van der Waals surface area (Å²) in [7, 11) is -1.60. The maximum absolute atomic E-state index is 12.2. The molecule has 1 aliphatic heterocycles. The van der Waals surface area contributed by atoms with Crippen molar-refractivity contribution in [2.45, 2.75) is 56.2 Å². The first kappa shape index (κ1) is 20.1.